The fourth-order valence-corrected chi connectivity index (χ4v) is 3.84. The Morgan fingerprint density at radius 2 is 2.14 bits per heavy atom. The van der Waals surface area contributed by atoms with E-state index in [0.29, 0.717) is 18.2 Å². The summed E-state index contributed by atoms with van der Waals surface area (Å²) in [6.07, 6.45) is 4.54. The second-order valence-electron chi connectivity index (χ2n) is 6.11. The van der Waals surface area contributed by atoms with Crippen molar-refractivity contribution in [1.29, 1.82) is 0 Å². The summed E-state index contributed by atoms with van der Waals surface area (Å²) in [6, 6.07) is 9.71. The maximum atomic E-state index is 12.1. The predicted octanol–water partition coefficient (Wildman–Crippen LogP) is 2.49. The number of benzene rings is 1. The van der Waals surface area contributed by atoms with E-state index >= 15 is 0 Å². The SMILES string of the molecule is COC[C@@H]1CC[C@]2(COC(=O)c3ccccc3)CCCN12. The highest BCUT2D eigenvalue weighted by molar-refractivity contribution is 5.89. The van der Waals surface area contributed by atoms with Crippen LogP contribution in [0.5, 0.6) is 0 Å². The number of esters is 1. The van der Waals surface area contributed by atoms with Gasteiger partial charge in [0.05, 0.1) is 17.7 Å². The molecule has 0 saturated carbocycles. The molecule has 21 heavy (non-hydrogen) atoms. The van der Waals surface area contributed by atoms with Gasteiger partial charge in [0, 0.05) is 13.2 Å². The van der Waals surface area contributed by atoms with Crippen LogP contribution in [-0.2, 0) is 9.47 Å². The van der Waals surface area contributed by atoms with Crippen LogP contribution in [0.1, 0.15) is 36.0 Å². The van der Waals surface area contributed by atoms with Gasteiger partial charge in [-0.05, 0) is 44.4 Å². The molecule has 0 unspecified atom stereocenters. The van der Waals surface area contributed by atoms with E-state index in [0.717, 1.165) is 32.4 Å². The van der Waals surface area contributed by atoms with Gasteiger partial charge in [-0.2, -0.15) is 0 Å². The Bertz CT molecular complexity index is 490. The molecule has 4 nitrogen and oxygen atoms in total. The molecule has 2 aliphatic heterocycles. The molecular weight excluding hydrogens is 266 g/mol. The van der Waals surface area contributed by atoms with Gasteiger partial charge in [-0.25, -0.2) is 4.79 Å². The number of rotatable bonds is 5. The Labute approximate surface area is 126 Å². The van der Waals surface area contributed by atoms with Crippen molar-refractivity contribution < 1.29 is 14.3 Å². The molecule has 2 aliphatic rings. The maximum absolute atomic E-state index is 12.1. The number of carbonyl (C=O) groups excluding carboxylic acids is 1. The van der Waals surface area contributed by atoms with Gasteiger partial charge in [0.1, 0.15) is 6.61 Å². The predicted molar refractivity (Wildman–Crippen MR) is 80.3 cm³/mol. The number of hydrogen-bond donors (Lipinski definition) is 0. The van der Waals surface area contributed by atoms with Crippen LogP contribution in [0.25, 0.3) is 0 Å². The second kappa shape index (κ2) is 6.16. The molecule has 0 radical (unpaired) electrons. The maximum Gasteiger partial charge on any atom is 0.338 e. The summed E-state index contributed by atoms with van der Waals surface area (Å²) in [6.45, 7) is 2.37. The Morgan fingerprint density at radius 1 is 1.33 bits per heavy atom. The molecule has 1 aromatic carbocycles. The minimum atomic E-state index is -0.216. The number of methoxy groups -OCH3 is 1. The minimum absolute atomic E-state index is 0.0492. The van der Waals surface area contributed by atoms with Crippen molar-refractivity contribution in [3.63, 3.8) is 0 Å². The normalized spacial score (nSPS) is 28.5. The van der Waals surface area contributed by atoms with Gasteiger partial charge in [-0.1, -0.05) is 18.2 Å². The Hall–Kier alpha value is -1.39. The van der Waals surface area contributed by atoms with E-state index in [-0.39, 0.29) is 11.5 Å². The van der Waals surface area contributed by atoms with Crippen LogP contribution >= 0.6 is 0 Å². The molecule has 0 spiro atoms. The first-order valence-corrected chi connectivity index (χ1v) is 7.73. The molecule has 114 valence electrons. The highest BCUT2D eigenvalue weighted by Gasteiger charge is 2.49. The van der Waals surface area contributed by atoms with Crippen molar-refractivity contribution in [2.24, 2.45) is 0 Å². The molecule has 2 saturated heterocycles. The molecule has 2 atom stereocenters. The molecule has 3 rings (SSSR count). The molecule has 0 N–H and O–H groups in total. The van der Waals surface area contributed by atoms with Gasteiger partial charge in [0.2, 0.25) is 0 Å². The second-order valence-corrected chi connectivity index (χ2v) is 6.11. The molecule has 2 fully saturated rings. The quantitative estimate of drug-likeness (QED) is 0.781. The van der Waals surface area contributed by atoms with Gasteiger partial charge in [-0.15, -0.1) is 0 Å². The van der Waals surface area contributed by atoms with E-state index < -0.39 is 0 Å². The molecule has 0 amide bonds. The molecular formula is C17H23NO3. The smallest absolute Gasteiger partial charge is 0.338 e. The Morgan fingerprint density at radius 3 is 2.90 bits per heavy atom. The molecule has 1 aromatic rings. The van der Waals surface area contributed by atoms with E-state index in [1.54, 1.807) is 19.2 Å². The van der Waals surface area contributed by atoms with Crippen LogP contribution in [0, 0.1) is 0 Å². The van der Waals surface area contributed by atoms with Crippen molar-refractivity contribution in [3.8, 4) is 0 Å². The van der Waals surface area contributed by atoms with Crippen molar-refractivity contribution in [2.45, 2.75) is 37.3 Å². The standard InChI is InChI=1S/C17H23NO3/c1-20-12-15-8-10-17(9-5-11-18(15)17)13-21-16(19)14-6-3-2-4-7-14/h2-4,6-7,15H,5,8-13H2,1H3/t15-,17-/m0/s1. The van der Waals surface area contributed by atoms with Crippen molar-refractivity contribution in [1.82, 2.24) is 4.90 Å². The summed E-state index contributed by atoms with van der Waals surface area (Å²) in [5.41, 5.74) is 0.679. The van der Waals surface area contributed by atoms with E-state index in [9.17, 15) is 4.79 Å². The van der Waals surface area contributed by atoms with Crippen LogP contribution in [0.2, 0.25) is 0 Å². The third kappa shape index (κ3) is 2.83. The van der Waals surface area contributed by atoms with Crippen LogP contribution in [0.3, 0.4) is 0 Å². The highest BCUT2D eigenvalue weighted by Crippen LogP contribution is 2.42. The third-order valence-corrected chi connectivity index (χ3v) is 4.87. The topological polar surface area (TPSA) is 38.8 Å². The zero-order chi connectivity index (χ0) is 14.7. The zero-order valence-corrected chi connectivity index (χ0v) is 12.6. The Balaban J connectivity index is 1.63. The first-order chi connectivity index (χ1) is 10.2. The number of carbonyl (C=O) groups is 1. The number of fused-ring (bicyclic) bond motifs is 1. The number of nitrogens with zero attached hydrogens (tertiary/aromatic N) is 1. The summed E-state index contributed by atoms with van der Waals surface area (Å²) in [5, 5.41) is 0. The van der Waals surface area contributed by atoms with Crippen molar-refractivity contribution >= 4 is 5.97 Å². The summed E-state index contributed by atoms with van der Waals surface area (Å²) < 4.78 is 10.9. The first kappa shape index (κ1) is 14.5. The van der Waals surface area contributed by atoms with E-state index in [1.807, 2.05) is 18.2 Å². The van der Waals surface area contributed by atoms with Crippen LogP contribution < -0.4 is 0 Å². The third-order valence-electron chi connectivity index (χ3n) is 4.87. The summed E-state index contributed by atoms with van der Waals surface area (Å²) in [4.78, 5) is 14.6. The lowest BCUT2D eigenvalue weighted by atomic mass is 9.95. The molecule has 0 bridgehead atoms. The fraction of sp³-hybridized carbons (Fsp3) is 0.588. The number of ether oxygens (including phenoxy) is 2. The largest absolute Gasteiger partial charge is 0.460 e. The van der Waals surface area contributed by atoms with E-state index in [1.165, 1.54) is 6.42 Å². The van der Waals surface area contributed by atoms with E-state index in [4.69, 9.17) is 9.47 Å². The minimum Gasteiger partial charge on any atom is -0.460 e. The average Bonchev–Trinajstić information content (AvgIpc) is 3.07. The molecule has 0 aromatic heterocycles. The van der Waals surface area contributed by atoms with Crippen LogP contribution in [0.4, 0.5) is 0 Å². The van der Waals surface area contributed by atoms with Gasteiger partial charge < -0.3 is 9.47 Å². The molecule has 2 heterocycles. The molecule has 0 aliphatic carbocycles. The average molecular weight is 289 g/mol. The van der Waals surface area contributed by atoms with Crippen LogP contribution in [0.15, 0.2) is 30.3 Å². The lowest BCUT2D eigenvalue weighted by Gasteiger charge is -2.34. The summed E-state index contributed by atoms with van der Waals surface area (Å²) >= 11 is 0. The highest BCUT2D eigenvalue weighted by atomic mass is 16.5. The monoisotopic (exact) mass is 289 g/mol. The van der Waals surface area contributed by atoms with Gasteiger partial charge in [-0.3, -0.25) is 4.90 Å². The zero-order valence-electron chi connectivity index (χ0n) is 12.6. The summed E-state index contributed by atoms with van der Waals surface area (Å²) in [5.74, 6) is -0.216. The van der Waals surface area contributed by atoms with Gasteiger partial charge in [0.25, 0.3) is 0 Å². The Kier molecular flexibility index (Phi) is 4.27. The first-order valence-electron chi connectivity index (χ1n) is 7.73. The fourth-order valence-electron chi connectivity index (χ4n) is 3.84. The van der Waals surface area contributed by atoms with Gasteiger partial charge >= 0.3 is 5.97 Å². The van der Waals surface area contributed by atoms with Crippen molar-refractivity contribution in [2.75, 3.05) is 26.9 Å². The lowest BCUT2D eigenvalue weighted by molar-refractivity contribution is 0.0125. The lowest BCUT2D eigenvalue weighted by Crippen LogP contribution is -2.47. The van der Waals surface area contributed by atoms with Crippen molar-refractivity contribution in [3.05, 3.63) is 35.9 Å². The molecule has 4 heteroatoms. The van der Waals surface area contributed by atoms with Crippen LogP contribution in [-0.4, -0.2) is 49.3 Å². The van der Waals surface area contributed by atoms with Gasteiger partial charge in [0.15, 0.2) is 0 Å². The van der Waals surface area contributed by atoms with E-state index in [2.05, 4.69) is 4.90 Å². The number of hydrogen-bond acceptors (Lipinski definition) is 4. The summed E-state index contributed by atoms with van der Waals surface area (Å²) in [7, 11) is 1.76.